The first kappa shape index (κ1) is 26.5. The molecule has 1 aromatic carbocycles. The number of hydrogen-bond acceptors (Lipinski definition) is 4. The summed E-state index contributed by atoms with van der Waals surface area (Å²) in [5.74, 6) is -0.865. The fourth-order valence-corrected chi connectivity index (χ4v) is 4.64. The van der Waals surface area contributed by atoms with Crippen molar-refractivity contribution in [2.45, 2.75) is 85.0 Å². The summed E-state index contributed by atoms with van der Waals surface area (Å²) >= 11 is 0. The fourth-order valence-electron chi connectivity index (χ4n) is 4.64. The third-order valence-corrected chi connectivity index (χ3v) is 7.01. The van der Waals surface area contributed by atoms with Gasteiger partial charge in [0, 0.05) is 37.8 Å². The van der Waals surface area contributed by atoms with Gasteiger partial charge in [0.15, 0.2) is 17.3 Å². The summed E-state index contributed by atoms with van der Waals surface area (Å²) in [6.45, 7) is 11.1. The van der Waals surface area contributed by atoms with E-state index in [0.29, 0.717) is 37.2 Å². The van der Waals surface area contributed by atoms with E-state index < -0.39 is 5.97 Å². The van der Waals surface area contributed by atoms with Crippen molar-refractivity contribution in [1.82, 2.24) is 4.98 Å². The molecule has 2 aromatic rings. The van der Waals surface area contributed by atoms with Gasteiger partial charge in [-0.1, -0.05) is 20.3 Å². The Morgan fingerprint density at radius 2 is 1.54 bits per heavy atom. The minimum absolute atomic E-state index is 0.0329. The molecule has 1 aliphatic rings. The lowest BCUT2D eigenvalue weighted by atomic mass is 9.81. The van der Waals surface area contributed by atoms with Crippen LogP contribution >= 0.6 is 0 Å². The normalized spacial score (nSPS) is 14.2. The maximum absolute atomic E-state index is 12.8. The number of carboxylic acids is 1. The number of ketones is 2. The number of rotatable bonds is 12. The van der Waals surface area contributed by atoms with E-state index in [0.717, 1.165) is 41.6 Å². The van der Waals surface area contributed by atoms with E-state index >= 15 is 0 Å². The van der Waals surface area contributed by atoms with Crippen LogP contribution in [0.5, 0.6) is 0 Å². The van der Waals surface area contributed by atoms with Crippen LogP contribution in [-0.2, 0) is 10.2 Å². The predicted molar refractivity (Wildman–Crippen MR) is 138 cm³/mol. The first-order valence-electron chi connectivity index (χ1n) is 12.7. The number of unbranched alkanes of at least 4 members (excludes halogenated alkanes) is 1. The second kappa shape index (κ2) is 11.1. The highest BCUT2D eigenvalue weighted by atomic mass is 16.4. The van der Waals surface area contributed by atoms with Gasteiger partial charge < -0.3 is 5.11 Å². The van der Waals surface area contributed by atoms with Gasteiger partial charge in [0.25, 0.3) is 0 Å². The topological polar surface area (TPSA) is 87.3 Å². The monoisotopic (exact) mass is 477 g/mol. The zero-order valence-electron chi connectivity index (χ0n) is 21.6. The largest absolute Gasteiger partial charge is 0.481 e. The average Bonchev–Trinajstić information content (AvgIpc) is 3.02. The third-order valence-electron chi connectivity index (χ3n) is 7.01. The summed E-state index contributed by atoms with van der Waals surface area (Å²) in [6, 6.07) is 9.84. The molecular formula is C29H37N2O4+. The molecule has 2 heterocycles. The quantitative estimate of drug-likeness (QED) is 0.284. The molecule has 0 amide bonds. The maximum Gasteiger partial charge on any atom is 0.303 e. The first-order chi connectivity index (χ1) is 16.6. The number of carboxylic acid groups (broad SMARTS) is 1. The van der Waals surface area contributed by atoms with Crippen molar-refractivity contribution in [2.24, 2.45) is 0 Å². The van der Waals surface area contributed by atoms with Crippen molar-refractivity contribution in [1.29, 1.82) is 0 Å². The van der Waals surface area contributed by atoms with Gasteiger partial charge in [-0.25, -0.2) is 4.98 Å². The van der Waals surface area contributed by atoms with Crippen molar-refractivity contribution >= 4 is 28.9 Å². The Kier molecular flexibility index (Phi) is 8.36. The molecule has 1 aliphatic heterocycles. The van der Waals surface area contributed by atoms with Crippen LogP contribution < -0.4 is 0 Å². The van der Waals surface area contributed by atoms with E-state index in [1.807, 2.05) is 26.0 Å². The lowest BCUT2D eigenvalue weighted by molar-refractivity contribution is -0.439. The number of benzene rings is 1. The van der Waals surface area contributed by atoms with Crippen LogP contribution in [0.25, 0.3) is 11.1 Å². The van der Waals surface area contributed by atoms with E-state index in [9.17, 15) is 14.4 Å². The van der Waals surface area contributed by atoms with Crippen LogP contribution in [0.4, 0.5) is 5.69 Å². The van der Waals surface area contributed by atoms with E-state index in [-0.39, 0.29) is 23.4 Å². The molecule has 0 atom stereocenters. The van der Waals surface area contributed by atoms with Crippen molar-refractivity contribution in [3.8, 4) is 11.1 Å². The molecule has 3 rings (SSSR count). The molecule has 186 valence electrons. The molecule has 0 radical (unpaired) electrons. The minimum Gasteiger partial charge on any atom is -0.481 e. The van der Waals surface area contributed by atoms with Crippen LogP contribution in [0.2, 0.25) is 0 Å². The zero-order valence-corrected chi connectivity index (χ0v) is 21.6. The number of hydrogen-bond donors (Lipinski definition) is 1. The van der Waals surface area contributed by atoms with Gasteiger partial charge in [0.2, 0.25) is 5.69 Å². The van der Waals surface area contributed by atoms with Crippen LogP contribution in [-0.4, -0.2) is 44.5 Å². The lowest BCUT2D eigenvalue weighted by Crippen LogP contribution is -2.26. The summed E-state index contributed by atoms with van der Waals surface area (Å²) in [5, 5.41) is 9.04. The molecule has 0 fully saturated rings. The molecule has 0 bridgehead atoms. The summed E-state index contributed by atoms with van der Waals surface area (Å²) in [4.78, 5) is 41.0. The van der Waals surface area contributed by atoms with Crippen molar-refractivity contribution in [3.05, 3.63) is 47.3 Å². The third kappa shape index (κ3) is 5.75. The van der Waals surface area contributed by atoms with Gasteiger partial charge in [0.05, 0.1) is 11.8 Å². The Balaban J connectivity index is 2.04. The standard InChI is InChI=1S/C29H36N2O4/c1-6-8-11-27(33)24-18-21(17-23(30-24)26(32)10-7-2)20-13-14-25-22(16-20)29(4,5)19(3)31(25)15-9-12-28(34)35/h13-14,16-18H,6-12,15H2,1-5H3/p+1. The smallest absolute Gasteiger partial charge is 0.303 e. The molecule has 6 nitrogen and oxygen atoms in total. The molecule has 0 aliphatic carbocycles. The molecule has 0 saturated heterocycles. The Bertz CT molecular complexity index is 1180. The van der Waals surface area contributed by atoms with E-state index in [1.54, 1.807) is 6.07 Å². The Morgan fingerprint density at radius 3 is 2.14 bits per heavy atom. The van der Waals surface area contributed by atoms with E-state index in [4.69, 9.17) is 5.11 Å². The highest BCUT2D eigenvalue weighted by molar-refractivity contribution is 6.00. The molecule has 0 unspecified atom stereocenters. The Labute approximate surface area is 208 Å². The Morgan fingerprint density at radius 1 is 0.886 bits per heavy atom. The molecule has 0 spiro atoms. The van der Waals surface area contributed by atoms with E-state index in [1.165, 1.54) is 5.71 Å². The summed E-state index contributed by atoms with van der Waals surface area (Å²) in [7, 11) is 0. The van der Waals surface area contributed by atoms with Gasteiger partial charge in [0.1, 0.15) is 17.9 Å². The number of Topliss-reactive ketones (excluding diaryl/α,β-unsaturated/α-hetero) is 2. The van der Waals surface area contributed by atoms with Crippen LogP contribution in [0, 0.1) is 0 Å². The van der Waals surface area contributed by atoms with Gasteiger partial charge in [-0.15, -0.1) is 0 Å². The van der Waals surface area contributed by atoms with Crippen LogP contribution in [0.1, 0.15) is 106 Å². The lowest BCUT2D eigenvalue weighted by Gasteiger charge is -2.16. The SMILES string of the molecule is CCCCC(=O)c1cc(-c2ccc3c(c2)C(C)(C)C(C)=[N+]3CCCC(=O)O)cc(C(=O)CCC)n1. The first-order valence-corrected chi connectivity index (χ1v) is 12.7. The number of carbonyl (C=O) groups is 3. The van der Waals surface area contributed by atoms with Gasteiger partial charge in [-0.05, 0) is 62.1 Å². The molecular weight excluding hydrogens is 440 g/mol. The summed E-state index contributed by atoms with van der Waals surface area (Å²) in [6.07, 6.45) is 3.97. The van der Waals surface area contributed by atoms with Crippen molar-refractivity contribution in [2.75, 3.05) is 6.54 Å². The van der Waals surface area contributed by atoms with Crippen molar-refractivity contribution < 1.29 is 24.1 Å². The van der Waals surface area contributed by atoms with Gasteiger partial charge in [-0.3, -0.25) is 14.4 Å². The highest BCUT2D eigenvalue weighted by Gasteiger charge is 2.43. The minimum atomic E-state index is -0.785. The number of pyridine rings is 1. The molecule has 0 saturated carbocycles. The number of carbonyl (C=O) groups excluding carboxylic acids is 2. The van der Waals surface area contributed by atoms with Crippen LogP contribution in [0.3, 0.4) is 0 Å². The molecule has 1 N–H and O–H groups in total. The number of aliphatic carboxylic acids is 1. The fraction of sp³-hybridized carbons (Fsp3) is 0.483. The second-order valence-corrected chi connectivity index (χ2v) is 9.92. The zero-order chi connectivity index (χ0) is 25.8. The Hall–Kier alpha value is -3.15. The predicted octanol–water partition coefficient (Wildman–Crippen LogP) is 6.37. The molecule has 35 heavy (non-hydrogen) atoms. The van der Waals surface area contributed by atoms with Crippen LogP contribution in [0.15, 0.2) is 30.3 Å². The number of nitrogens with zero attached hydrogens (tertiary/aromatic N) is 2. The summed E-state index contributed by atoms with van der Waals surface area (Å²) in [5.41, 5.74) is 5.66. The molecule has 1 aromatic heterocycles. The van der Waals surface area contributed by atoms with Crippen molar-refractivity contribution in [3.63, 3.8) is 0 Å². The molecule has 6 heteroatoms. The second-order valence-electron chi connectivity index (χ2n) is 9.92. The number of aromatic nitrogens is 1. The highest BCUT2D eigenvalue weighted by Crippen LogP contribution is 2.41. The van der Waals surface area contributed by atoms with E-state index in [2.05, 4.69) is 42.5 Å². The summed E-state index contributed by atoms with van der Waals surface area (Å²) < 4.78 is 2.21. The van der Waals surface area contributed by atoms with Gasteiger partial charge >= 0.3 is 5.97 Å². The number of fused-ring (bicyclic) bond motifs is 1. The van der Waals surface area contributed by atoms with Gasteiger partial charge in [-0.2, -0.15) is 4.58 Å². The average molecular weight is 478 g/mol. The maximum atomic E-state index is 12.8.